The molecule has 2 atom stereocenters. The van der Waals surface area contributed by atoms with E-state index in [4.69, 9.17) is 5.11 Å². The molecule has 0 aliphatic rings. The van der Waals surface area contributed by atoms with Crippen LogP contribution in [0.5, 0.6) is 0 Å². The minimum Gasteiger partial charge on any atom is -0.460 e. The highest BCUT2D eigenvalue weighted by atomic mass is 19.4. The third-order valence-electron chi connectivity index (χ3n) is 3.45. The van der Waals surface area contributed by atoms with Gasteiger partial charge in [-0.2, -0.15) is 48.3 Å². The molecule has 15 heteroatoms. The first-order chi connectivity index (χ1) is 12.1. The van der Waals surface area contributed by atoms with Gasteiger partial charge >= 0.3 is 35.8 Å². The summed E-state index contributed by atoms with van der Waals surface area (Å²) in [5, 5.41) is 9.04. The van der Waals surface area contributed by atoms with Gasteiger partial charge in [0, 0.05) is 12.5 Å². The normalized spacial score (nSPS) is 17.6. The van der Waals surface area contributed by atoms with Gasteiger partial charge in [0.05, 0.1) is 6.10 Å². The van der Waals surface area contributed by atoms with Gasteiger partial charge in [0.1, 0.15) is 6.61 Å². The smallest absolute Gasteiger partial charge is 0.428 e. The first-order valence-electron chi connectivity index (χ1n) is 6.84. The lowest BCUT2D eigenvalue weighted by atomic mass is 9.86. The number of aliphatic hydroxyl groups is 1. The zero-order valence-electron chi connectivity index (χ0n) is 13.6. The number of rotatable bonds is 9. The van der Waals surface area contributed by atoms with Gasteiger partial charge in [0.15, 0.2) is 0 Å². The average Bonchev–Trinajstić information content (AvgIpc) is 2.50. The highest BCUT2D eigenvalue weighted by molar-refractivity contribution is 5.81. The van der Waals surface area contributed by atoms with Crippen LogP contribution in [0.25, 0.3) is 0 Å². The topological polar surface area (TPSA) is 46.5 Å². The van der Waals surface area contributed by atoms with Crippen molar-refractivity contribution in [1.29, 1.82) is 0 Å². The van der Waals surface area contributed by atoms with Gasteiger partial charge in [-0.25, -0.2) is 9.18 Å². The number of hydrogen-bond donors (Lipinski definition) is 1. The summed E-state index contributed by atoms with van der Waals surface area (Å²) in [5.41, 5.74) is -6.32. The largest absolute Gasteiger partial charge is 0.460 e. The molecule has 0 heterocycles. The lowest BCUT2D eigenvalue weighted by Crippen LogP contribution is -2.70. The lowest BCUT2D eigenvalue weighted by molar-refractivity contribution is -0.413. The molecule has 0 aliphatic carbocycles. The minimum absolute atomic E-state index is 0.424. The SMILES string of the molecule is C=CC(=O)OCC(O)CC(F)(F)C(F)(F)C(F)(F)C(F)(F)C(C)(F)C(F)(F)F. The van der Waals surface area contributed by atoms with Crippen LogP contribution in [0.3, 0.4) is 0 Å². The van der Waals surface area contributed by atoms with Crippen LogP contribution in [0.15, 0.2) is 12.7 Å². The fraction of sp³-hybridized carbons (Fsp3) is 0.769. The third-order valence-corrected chi connectivity index (χ3v) is 3.45. The molecule has 166 valence electrons. The van der Waals surface area contributed by atoms with E-state index >= 15 is 0 Å². The van der Waals surface area contributed by atoms with Crippen LogP contribution >= 0.6 is 0 Å². The maximum atomic E-state index is 13.5. The zero-order chi connectivity index (χ0) is 23.0. The monoisotopic (exact) mass is 444 g/mol. The molecule has 0 aliphatic heterocycles. The van der Waals surface area contributed by atoms with E-state index in [9.17, 15) is 57.5 Å². The van der Waals surface area contributed by atoms with Crippen molar-refractivity contribution in [2.45, 2.75) is 55.0 Å². The number of ether oxygens (including phenoxy) is 1. The summed E-state index contributed by atoms with van der Waals surface area (Å²) < 4.78 is 161. The Hall–Kier alpha value is -1.67. The molecule has 0 saturated carbocycles. The van der Waals surface area contributed by atoms with Crippen LogP contribution in [-0.4, -0.2) is 59.3 Å². The Morgan fingerprint density at radius 1 is 0.929 bits per heavy atom. The van der Waals surface area contributed by atoms with E-state index < -0.39 is 67.6 Å². The molecule has 0 rings (SSSR count). The molecule has 28 heavy (non-hydrogen) atoms. The number of esters is 1. The zero-order valence-corrected chi connectivity index (χ0v) is 13.6. The number of carbonyl (C=O) groups excluding carboxylic acids is 1. The Kier molecular flexibility index (Phi) is 7.17. The van der Waals surface area contributed by atoms with Crippen molar-refractivity contribution in [1.82, 2.24) is 0 Å². The summed E-state index contributed by atoms with van der Waals surface area (Å²) >= 11 is 0. The van der Waals surface area contributed by atoms with Crippen LogP contribution < -0.4 is 0 Å². The van der Waals surface area contributed by atoms with Crippen molar-refractivity contribution in [3.63, 3.8) is 0 Å². The Labute approximate surface area is 148 Å². The molecule has 0 aromatic heterocycles. The van der Waals surface area contributed by atoms with Crippen LogP contribution in [-0.2, 0) is 9.53 Å². The molecule has 0 fully saturated rings. The van der Waals surface area contributed by atoms with E-state index in [0.29, 0.717) is 6.08 Å². The molecule has 2 unspecified atom stereocenters. The van der Waals surface area contributed by atoms with Crippen molar-refractivity contribution in [3.05, 3.63) is 12.7 Å². The Bertz CT molecular complexity index is 582. The van der Waals surface area contributed by atoms with Crippen molar-refractivity contribution in [2.24, 2.45) is 0 Å². The standard InChI is InChI=1S/C13H12F12O3/c1-3-7(27)28-5-6(26)4-9(15,16)11(19,20)12(21,22)10(17,18)8(2,14)13(23,24)25/h3,6,26H,1,4-5H2,2H3. The van der Waals surface area contributed by atoms with Gasteiger partial charge in [-0.05, 0) is 6.92 Å². The number of carbonyl (C=O) groups is 1. The van der Waals surface area contributed by atoms with Crippen LogP contribution in [0.1, 0.15) is 13.3 Å². The highest BCUT2D eigenvalue weighted by Crippen LogP contribution is 2.60. The van der Waals surface area contributed by atoms with E-state index in [0.717, 1.165) is 0 Å². The van der Waals surface area contributed by atoms with Crippen LogP contribution in [0.4, 0.5) is 52.7 Å². The second-order valence-electron chi connectivity index (χ2n) is 5.62. The lowest BCUT2D eigenvalue weighted by Gasteiger charge is -2.41. The summed E-state index contributed by atoms with van der Waals surface area (Å²) in [4.78, 5) is 10.6. The summed E-state index contributed by atoms with van der Waals surface area (Å²) in [5.74, 6) is -29.8. The molecule has 0 aromatic carbocycles. The molecule has 0 saturated heterocycles. The van der Waals surface area contributed by atoms with Gasteiger partial charge in [-0.15, -0.1) is 0 Å². The van der Waals surface area contributed by atoms with Crippen molar-refractivity contribution < 1.29 is 67.3 Å². The van der Waals surface area contributed by atoms with Gasteiger partial charge in [-0.3, -0.25) is 0 Å². The number of halogens is 12. The molecular weight excluding hydrogens is 432 g/mol. The van der Waals surface area contributed by atoms with E-state index in [1.165, 1.54) is 0 Å². The Morgan fingerprint density at radius 3 is 1.71 bits per heavy atom. The summed E-state index contributed by atoms with van der Waals surface area (Å²) in [6.07, 6.45) is -12.0. The van der Waals surface area contributed by atoms with Crippen LogP contribution in [0, 0.1) is 0 Å². The first kappa shape index (κ1) is 26.3. The van der Waals surface area contributed by atoms with E-state index in [-0.39, 0.29) is 0 Å². The molecular formula is C13H12F12O3. The van der Waals surface area contributed by atoms with Gasteiger partial charge in [0.2, 0.25) is 0 Å². The summed E-state index contributed by atoms with van der Waals surface area (Å²) in [6.45, 7) is 0.0986. The van der Waals surface area contributed by atoms with E-state index in [1.807, 2.05) is 0 Å². The Balaban J connectivity index is 5.85. The molecule has 0 aromatic rings. The van der Waals surface area contributed by atoms with Gasteiger partial charge in [-0.1, -0.05) is 6.58 Å². The van der Waals surface area contributed by atoms with Gasteiger partial charge in [0.25, 0.3) is 5.67 Å². The maximum Gasteiger partial charge on any atom is 0.428 e. The predicted octanol–water partition coefficient (Wildman–Crippen LogP) is 4.30. The maximum absolute atomic E-state index is 13.5. The molecule has 0 radical (unpaired) electrons. The van der Waals surface area contributed by atoms with E-state index in [2.05, 4.69) is 11.3 Å². The minimum atomic E-state index is -7.56. The van der Waals surface area contributed by atoms with Crippen molar-refractivity contribution in [3.8, 4) is 0 Å². The molecule has 0 spiro atoms. The summed E-state index contributed by atoms with van der Waals surface area (Å²) in [7, 11) is 0. The first-order valence-corrected chi connectivity index (χ1v) is 6.84. The fourth-order valence-electron chi connectivity index (χ4n) is 1.62. The number of hydrogen-bond acceptors (Lipinski definition) is 3. The third kappa shape index (κ3) is 4.33. The summed E-state index contributed by atoms with van der Waals surface area (Å²) in [6, 6.07) is 0. The molecule has 3 nitrogen and oxygen atoms in total. The van der Waals surface area contributed by atoms with Gasteiger partial charge < -0.3 is 9.84 Å². The van der Waals surface area contributed by atoms with Crippen molar-refractivity contribution in [2.75, 3.05) is 6.61 Å². The quantitative estimate of drug-likeness (QED) is 0.328. The molecule has 0 bridgehead atoms. The number of alkyl halides is 12. The highest BCUT2D eigenvalue weighted by Gasteiger charge is 2.88. The average molecular weight is 444 g/mol. The second kappa shape index (κ2) is 7.63. The Morgan fingerprint density at radius 2 is 1.36 bits per heavy atom. The van der Waals surface area contributed by atoms with E-state index in [1.54, 1.807) is 0 Å². The predicted molar refractivity (Wildman–Crippen MR) is 67.1 cm³/mol. The molecule has 0 amide bonds. The number of aliphatic hydroxyl groups excluding tert-OH is 1. The van der Waals surface area contributed by atoms with Crippen molar-refractivity contribution >= 4 is 5.97 Å². The second-order valence-corrected chi connectivity index (χ2v) is 5.62. The van der Waals surface area contributed by atoms with Crippen LogP contribution in [0.2, 0.25) is 0 Å². The molecule has 1 N–H and O–H groups in total. The fourth-order valence-corrected chi connectivity index (χ4v) is 1.62.